The van der Waals surface area contributed by atoms with Crippen LogP contribution >= 0.6 is 0 Å². The van der Waals surface area contributed by atoms with E-state index in [2.05, 4.69) is 38.2 Å². The van der Waals surface area contributed by atoms with Crippen LogP contribution in [0, 0.1) is 0 Å². The monoisotopic (exact) mass is 680 g/mol. The van der Waals surface area contributed by atoms with Gasteiger partial charge in [0.05, 0.1) is 25.2 Å². The minimum Gasteiger partial charge on any atom is -0.462 e. The van der Waals surface area contributed by atoms with Gasteiger partial charge in [-0.05, 0) is 51.4 Å². The fourth-order valence-corrected chi connectivity index (χ4v) is 6.36. The van der Waals surface area contributed by atoms with Crippen LogP contribution in [-0.2, 0) is 14.3 Å². The van der Waals surface area contributed by atoms with E-state index in [-0.39, 0.29) is 24.9 Å². The zero-order chi connectivity index (χ0) is 35.3. The first-order valence-corrected chi connectivity index (χ1v) is 20.9. The number of amides is 1. The molecule has 0 saturated carbocycles. The molecule has 0 aliphatic heterocycles. The molecule has 0 aromatic carbocycles. The lowest BCUT2D eigenvalue weighted by molar-refractivity contribution is -0.151. The summed E-state index contributed by atoms with van der Waals surface area (Å²) in [5.74, 6) is -0.483. The van der Waals surface area contributed by atoms with Crippen LogP contribution in [0.2, 0.25) is 0 Å². The Morgan fingerprint density at radius 2 is 1.00 bits per heavy atom. The van der Waals surface area contributed by atoms with Crippen molar-refractivity contribution in [2.24, 2.45) is 0 Å². The largest absolute Gasteiger partial charge is 0.462 e. The van der Waals surface area contributed by atoms with Gasteiger partial charge in [0.15, 0.2) is 0 Å². The van der Waals surface area contributed by atoms with Crippen molar-refractivity contribution >= 4 is 11.9 Å². The van der Waals surface area contributed by atoms with Gasteiger partial charge >= 0.3 is 5.97 Å². The van der Waals surface area contributed by atoms with Gasteiger partial charge < -0.3 is 20.3 Å². The van der Waals surface area contributed by atoms with Crippen LogP contribution in [0.3, 0.4) is 0 Å². The summed E-state index contributed by atoms with van der Waals surface area (Å²) in [7, 11) is 0. The number of nitrogens with one attached hydrogen (secondary N) is 1. The molecule has 284 valence electrons. The number of hydrogen-bond acceptors (Lipinski definition) is 5. The van der Waals surface area contributed by atoms with E-state index in [0.29, 0.717) is 19.3 Å². The van der Waals surface area contributed by atoms with Crippen LogP contribution < -0.4 is 5.32 Å². The second-order valence-electron chi connectivity index (χ2n) is 14.4. The lowest BCUT2D eigenvalue weighted by Gasteiger charge is -2.24. The van der Waals surface area contributed by atoms with Gasteiger partial charge in [0.2, 0.25) is 5.91 Å². The Bertz CT molecular complexity index is 727. The van der Waals surface area contributed by atoms with Crippen LogP contribution in [-0.4, -0.2) is 46.9 Å². The summed E-state index contributed by atoms with van der Waals surface area (Å²) in [4.78, 5) is 25.8. The molecule has 0 rings (SSSR count). The molecule has 0 aromatic heterocycles. The number of unbranched alkanes of at least 4 members (excludes halogenated alkanes) is 23. The van der Waals surface area contributed by atoms with Gasteiger partial charge in [-0.2, -0.15) is 0 Å². The fraction of sp³-hybridized carbons (Fsp3) is 0.905. The van der Waals surface area contributed by atoms with Crippen molar-refractivity contribution < 1.29 is 24.5 Å². The molecular weight excluding hydrogens is 598 g/mol. The third-order valence-corrected chi connectivity index (χ3v) is 9.59. The predicted molar refractivity (Wildman–Crippen MR) is 204 cm³/mol. The summed E-state index contributed by atoms with van der Waals surface area (Å²) in [5, 5.41) is 23.5. The van der Waals surface area contributed by atoms with Gasteiger partial charge in [-0.15, -0.1) is 0 Å². The molecule has 0 radical (unpaired) electrons. The zero-order valence-electron chi connectivity index (χ0n) is 32.1. The molecule has 48 heavy (non-hydrogen) atoms. The summed E-state index contributed by atoms with van der Waals surface area (Å²) in [5.41, 5.74) is 0. The molecule has 0 aliphatic rings. The molecule has 3 atom stereocenters. The van der Waals surface area contributed by atoms with E-state index in [1.807, 2.05) is 0 Å². The second kappa shape index (κ2) is 36.9. The summed E-state index contributed by atoms with van der Waals surface area (Å²) in [6.45, 7) is 6.40. The highest BCUT2D eigenvalue weighted by Crippen LogP contribution is 2.17. The summed E-state index contributed by atoms with van der Waals surface area (Å²) < 4.78 is 5.86. The number of carbonyl (C=O) groups is 2. The van der Waals surface area contributed by atoms with Gasteiger partial charge in [-0.1, -0.05) is 168 Å². The van der Waals surface area contributed by atoms with Crippen molar-refractivity contribution in [2.45, 2.75) is 238 Å². The second-order valence-corrected chi connectivity index (χ2v) is 14.4. The minimum atomic E-state index is -0.779. The summed E-state index contributed by atoms with van der Waals surface area (Å²) in [6, 6.07) is -0.692. The molecule has 3 N–H and O–H groups in total. The van der Waals surface area contributed by atoms with Gasteiger partial charge in [0, 0.05) is 6.42 Å². The van der Waals surface area contributed by atoms with Crippen LogP contribution in [0.5, 0.6) is 0 Å². The Morgan fingerprint density at radius 1 is 0.583 bits per heavy atom. The molecule has 6 nitrogen and oxygen atoms in total. The maximum atomic E-state index is 13.0. The molecule has 0 fully saturated rings. The van der Waals surface area contributed by atoms with Crippen molar-refractivity contribution in [1.82, 2.24) is 5.32 Å². The molecule has 0 aliphatic carbocycles. The molecule has 0 bridgehead atoms. The van der Waals surface area contributed by atoms with Crippen LogP contribution in [0.4, 0.5) is 0 Å². The average Bonchev–Trinajstić information content (AvgIpc) is 3.07. The standard InChI is InChI=1S/C42H81NO5/c1-4-7-10-13-16-19-20-21-23-26-29-32-35-42(47)48-38(33-30-27-24-18-15-12-9-6-3)36-41(46)43-39(37-44)40(45)34-31-28-25-22-17-14-11-8-5-2/h16,19,38-40,44-45H,4-15,17-18,20-37H2,1-3H3,(H,43,46)/b19-16-. The molecule has 6 heteroatoms. The highest BCUT2D eigenvalue weighted by atomic mass is 16.5. The van der Waals surface area contributed by atoms with E-state index >= 15 is 0 Å². The van der Waals surface area contributed by atoms with Crippen LogP contribution in [0.25, 0.3) is 0 Å². The van der Waals surface area contributed by atoms with E-state index in [1.54, 1.807) is 0 Å². The first-order chi connectivity index (χ1) is 23.5. The normalized spacial score (nSPS) is 13.5. The first kappa shape index (κ1) is 46.6. The number of rotatable bonds is 37. The van der Waals surface area contributed by atoms with E-state index in [4.69, 9.17) is 4.74 Å². The molecule has 0 aromatic rings. The Balaban J connectivity index is 4.54. The lowest BCUT2D eigenvalue weighted by Crippen LogP contribution is -2.46. The van der Waals surface area contributed by atoms with Gasteiger partial charge in [0.1, 0.15) is 6.10 Å². The van der Waals surface area contributed by atoms with Crippen LogP contribution in [0.15, 0.2) is 12.2 Å². The van der Waals surface area contributed by atoms with Crippen LogP contribution in [0.1, 0.15) is 220 Å². The van der Waals surface area contributed by atoms with Crippen molar-refractivity contribution in [3.63, 3.8) is 0 Å². The van der Waals surface area contributed by atoms with E-state index < -0.39 is 18.2 Å². The topological polar surface area (TPSA) is 95.9 Å². The minimum absolute atomic E-state index is 0.0788. The first-order valence-electron chi connectivity index (χ1n) is 20.9. The van der Waals surface area contributed by atoms with E-state index in [1.165, 1.54) is 116 Å². The molecule has 1 amide bonds. The Labute approximate surface area is 298 Å². The number of allylic oxidation sites excluding steroid dienone is 2. The molecule has 0 spiro atoms. The van der Waals surface area contributed by atoms with E-state index in [0.717, 1.165) is 57.8 Å². The van der Waals surface area contributed by atoms with Gasteiger partial charge in [-0.3, -0.25) is 9.59 Å². The smallest absolute Gasteiger partial charge is 0.306 e. The third kappa shape index (κ3) is 31.8. The number of aliphatic hydroxyl groups is 2. The van der Waals surface area contributed by atoms with Crippen molar-refractivity contribution in [1.29, 1.82) is 0 Å². The zero-order valence-corrected chi connectivity index (χ0v) is 32.1. The number of carbonyl (C=O) groups excluding carboxylic acids is 2. The maximum Gasteiger partial charge on any atom is 0.306 e. The van der Waals surface area contributed by atoms with Gasteiger partial charge in [0.25, 0.3) is 0 Å². The fourth-order valence-electron chi connectivity index (χ4n) is 6.36. The molecule has 3 unspecified atom stereocenters. The Kier molecular flexibility index (Phi) is 35.8. The number of ether oxygens (including phenoxy) is 1. The van der Waals surface area contributed by atoms with Gasteiger partial charge in [-0.25, -0.2) is 0 Å². The average molecular weight is 680 g/mol. The number of hydrogen-bond donors (Lipinski definition) is 3. The molecular formula is C42H81NO5. The Morgan fingerprint density at radius 3 is 1.52 bits per heavy atom. The molecule has 0 heterocycles. The van der Waals surface area contributed by atoms with Crippen molar-refractivity contribution in [3.8, 4) is 0 Å². The SMILES string of the molecule is CCCCC/C=C\CCCCCCCC(=O)OC(CCCCCCCCCC)CC(=O)NC(CO)C(O)CCCCCCCCCCC. The highest BCUT2D eigenvalue weighted by Gasteiger charge is 2.24. The lowest BCUT2D eigenvalue weighted by atomic mass is 10.0. The van der Waals surface area contributed by atoms with Crippen molar-refractivity contribution in [2.75, 3.05) is 6.61 Å². The summed E-state index contributed by atoms with van der Waals surface area (Å²) >= 11 is 0. The van der Waals surface area contributed by atoms with E-state index in [9.17, 15) is 19.8 Å². The predicted octanol–water partition coefficient (Wildman–Crippen LogP) is 11.4. The maximum absolute atomic E-state index is 13.0. The van der Waals surface area contributed by atoms with Crippen molar-refractivity contribution in [3.05, 3.63) is 12.2 Å². The Hall–Kier alpha value is -1.40. The highest BCUT2D eigenvalue weighted by molar-refractivity contribution is 5.77. The number of aliphatic hydroxyl groups excluding tert-OH is 2. The summed E-state index contributed by atoms with van der Waals surface area (Å²) in [6.07, 6.45) is 37.0. The molecule has 0 saturated heterocycles. The number of esters is 1. The third-order valence-electron chi connectivity index (χ3n) is 9.59. The quantitative estimate of drug-likeness (QED) is 0.0345.